The lowest BCUT2D eigenvalue weighted by Crippen LogP contribution is -2.50. The van der Waals surface area contributed by atoms with Gasteiger partial charge in [-0.3, -0.25) is 5.32 Å². The summed E-state index contributed by atoms with van der Waals surface area (Å²) in [5, 5.41) is 2.20. The molecule has 1 N–H and O–H groups in total. The van der Waals surface area contributed by atoms with E-state index < -0.39 is 24.2 Å². The molecule has 0 radical (unpaired) electrons. The van der Waals surface area contributed by atoms with E-state index >= 15 is 0 Å². The topological polar surface area (TPSA) is 47.6 Å². The number of carbonyl (C=O) groups is 1. The summed E-state index contributed by atoms with van der Waals surface area (Å²) >= 11 is 0. The van der Waals surface area contributed by atoms with Crippen molar-refractivity contribution in [3.05, 3.63) is 29.8 Å². The first-order valence-electron chi connectivity index (χ1n) is 5.77. The fraction of sp³-hybridized carbons (Fsp3) is 0.462. The standard InChI is InChI=1S/C13H16F3NO3/c1-12(11(18)20-3,17-8-13(14,15)16)9-5-4-6-10(7-9)19-2/h4-7,17H,8H2,1-3H3. The van der Waals surface area contributed by atoms with Gasteiger partial charge in [-0.15, -0.1) is 0 Å². The van der Waals surface area contributed by atoms with Crippen LogP contribution >= 0.6 is 0 Å². The molecule has 0 aliphatic carbocycles. The van der Waals surface area contributed by atoms with Crippen LogP contribution in [0.2, 0.25) is 0 Å². The highest BCUT2D eigenvalue weighted by molar-refractivity contribution is 5.82. The molecule has 1 aromatic carbocycles. The van der Waals surface area contributed by atoms with Crippen LogP contribution in [0.1, 0.15) is 12.5 Å². The number of methoxy groups -OCH3 is 2. The Balaban J connectivity index is 3.13. The summed E-state index contributed by atoms with van der Waals surface area (Å²) in [5.74, 6) is -0.374. The van der Waals surface area contributed by atoms with Gasteiger partial charge in [0.2, 0.25) is 0 Å². The van der Waals surface area contributed by atoms with Crippen molar-refractivity contribution < 1.29 is 27.4 Å². The fourth-order valence-corrected chi connectivity index (χ4v) is 1.71. The van der Waals surface area contributed by atoms with Gasteiger partial charge in [-0.05, 0) is 24.6 Å². The summed E-state index contributed by atoms with van der Waals surface area (Å²) in [6.07, 6.45) is -4.44. The molecule has 0 saturated heterocycles. The summed E-state index contributed by atoms with van der Waals surface area (Å²) in [6, 6.07) is 6.23. The average Bonchev–Trinajstić information content (AvgIpc) is 2.43. The third-order valence-corrected chi connectivity index (χ3v) is 2.88. The molecule has 0 aromatic heterocycles. The molecule has 0 aliphatic rings. The van der Waals surface area contributed by atoms with Crippen LogP contribution in [-0.2, 0) is 15.1 Å². The Morgan fingerprint density at radius 2 is 1.95 bits per heavy atom. The highest BCUT2D eigenvalue weighted by Crippen LogP contribution is 2.27. The van der Waals surface area contributed by atoms with Gasteiger partial charge < -0.3 is 9.47 Å². The molecular formula is C13H16F3NO3. The molecule has 1 atom stereocenters. The van der Waals surface area contributed by atoms with E-state index in [4.69, 9.17) is 4.74 Å². The first-order chi connectivity index (χ1) is 9.23. The number of rotatable bonds is 5. The Morgan fingerprint density at radius 3 is 2.45 bits per heavy atom. The predicted molar refractivity (Wildman–Crippen MR) is 66.4 cm³/mol. The van der Waals surface area contributed by atoms with Crippen molar-refractivity contribution in [3.63, 3.8) is 0 Å². The summed E-state index contributed by atoms with van der Waals surface area (Å²) in [6.45, 7) is 0.0230. The minimum absolute atomic E-state index is 0.327. The average molecular weight is 291 g/mol. The van der Waals surface area contributed by atoms with Crippen molar-refractivity contribution in [2.45, 2.75) is 18.6 Å². The molecule has 112 valence electrons. The highest BCUT2D eigenvalue weighted by atomic mass is 19.4. The molecule has 20 heavy (non-hydrogen) atoms. The Labute approximate surface area is 114 Å². The number of carbonyl (C=O) groups excluding carboxylic acids is 1. The maximum Gasteiger partial charge on any atom is 0.401 e. The number of hydrogen-bond acceptors (Lipinski definition) is 4. The van der Waals surface area contributed by atoms with E-state index in [1.807, 2.05) is 0 Å². The molecular weight excluding hydrogens is 275 g/mol. The first-order valence-corrected chi connectivity index (χ1v) is 5.77. The monoisotopic (exact) mass is 291 g/mol. The minimum Gasteiger partial charge on any atom is -0.497 e. The molecule has 0 heterocycles. The van der Waals surface area contributed by atoms with Crippen LogP contribution in [-0.4, -0.2) is 32.9 Å². The van der Waals surface area contributed by atoms with Crippen LogP contribution in [0.25, 0.3) is 0 Å². The Kier molecular flexibility index (Phi) is 4.99. The molecule has 0 aliphatic heterocycles. The van der Waals surface area contributed by atoms with Gasteiger partial charge in [0, 0.05) is 0 Å². The smallest absolute Gasteiger partial charge is 0.401 e. The van der Waals surface area contributed by atoms with Crippen molar-refractivity contribution in [2.75, 3.05) is 20.8 Å². The molecule has 0 saturated carbocycles. The molecule has 0 amide bonds. The van der Waals surface area contributed by atoms with Gasteiger partial charge in [0.05, 0.1) is 20.8 Å². The zero-order valence-corrected chi connectivity index (χ0v) is 11.4. The number of nitrogens with one attached hydrogen (secondary N) is 1. The quantitative estimate of drug-likeness (QED) is 0.845. The first kappa shape index (κ1) is 16.3. The van der Waals surface area contributed by atoms with E-state index in [-0.39, 0.29) is 0 Å². The van der Waals surface area contributed by atoms with Gasteiger partial charge in [-0.1, -0.05) is 12.1 Å². The Bertz CT molecular complexity index is 476. The number of hydrogen-bond donors (Lipinski definition) is 1. The van der Waals surface area contributed by atoms with E-state index in [9.17, 15) is 18.0 Å². The lowest BCUT2D eigenvalue weighted by Gasteiger charge is -2.29. The summed E-state index contributed by atoms with van der Waals surface area (Å²) in [5.41, 5.74) is -1.29. The largest absolute Gasteiger partial charge is 0.497 e. The zero-order chi connectivity index (χ0) is 15.4. The van der Waals surface area contributed by atoms with Gasteiger partial charge in [-0.25, -0.2) is 4.79 Å². The summed E-state index contributed by atoms with van der Waals surface area (Å²) in [4.78, 5) is 11.9. The predicted octanol–water partition coefficient (Wildman–Crippen LogP) is 2.24. The zero-order valence-electron chi connectivity index (χ0n) is 11.4. The Morgan fingerprint density at radius 1 is 1.30 bits per heavy atom. The van der Waals surface area contributed by atoms with Crippen LogP contribution < -0.4 is 10.1 Å². The maximum absolute atomic E-state index is 12.4. The normalized spacial score (nSPS) is 14.5. The lowest BCUT2D eigenvalue weighted by molar-refractivity contribution is -0.153. The van der Waals surface area contributed by atoms with Crippen molar-refractivity contribution in [3.8, 4) is 5.75 Å². The Hall–Kier alpha value is -1.76. The number of halogens is 3. The molecule has 1 rings (SSSR count). The van der Waals surface area contributed by atoms with E-state index in [1.54, 1.807) is 12.1 Å². The third-order valence-electron chi connectivity index (χ3n) is 2.88. The summed E-state index contributed by atoms with van der Waals surface area (Å²) in [7, 11) is 2.55. The van der Waals surface area contributed by atoms with E-state index in [0.717, 1.165) is 7.11 Å². The number of benzene rings is 1. The highest BCUT2D eigenvalue weighted by Gasteiger charge is 2.40. The summed E-state index contributed by atoms with van der Waals surface area (Å²) < 4.78 is 46.7. The number of alkyl halides is 3. The maximum atomic E-state index is 12.4. The van der Waals surface area contributed by atoms with Crippen LogP contribution in [0.4, 0.5) is 13.2 Å². The minimum atomic E-state index is -4.44. The lowest BCUT2D eigenvalue weighted by atomic mass is 9.91. The van der Waals surface area contributed by atoms with Crippen LogP contribution in [0.15, 0.2) is 24.3 Å². The molecule has 4 nitrogen and oxygen atoms in total. The van der Waals surface area contributed by atoms with Gasteiger partial charge in [0.25, 0.3) is 0 Å². The van der Waals surface area contributed by atoms with Crippen molar-refractivity contribution in [2.24, 2.45) is 0 Å². The van der Waals surface area contributed by atoms with Crippen LogP contribution in [0.3, 0.4) is 0 Å². The van der Waals surface area contributed by atoms with Crippen molar-refractivity contribution in [1.29, 1.82) is 0 Å². The molecule has 1 unspecified atom stereocenters. The van der Waals surface area contributed by atoms with E-state index in [0.29, 0.717) is 11.3 Å². The molecule has 0 fully saturated rings. The van der Waals surface area contributed by atoms with Gasteiger partial charge >= 0.3 is 12.1 Å². The second-order valence-corrected chi connectivity index (χ2v) is 4.32. The molecule has 7 heteroatoms. The molecule has 1 aromatic rings. The third kappa shape index (κ3) is 3.86. The second-order valence-electron chi connectivity index (χ2n) is 4.32. The number of esters is 1. The number of ether oxygens (including phenoxy) is 2. The van der Waals surface area contributed by atoms with Gasteiger partial charge in [-0.2, -0.15) is 13.2 Å². The van der Waals surface area contributed by atoms with Gasteiger partial charge in [0.1, 0.15) is 11.3 Å². The second kappa shape index (κ2) is 6.13. The van der Waals surface area contributed by atoms with Crippen LogP contribution in [0.5, 0.6) is 5.75 Å². The van der Waals surface area contributed by atoms with Crippen molar-refractivity contribution in [1.82, 2.24) is 5.32 Å². The van der Waals surface area contributed by atoms with Gasteiger partial charge in [0.15, 0.2) is 0 Å². The van der Waals surface area contributed by atoms with E-state index in [1.165, 1.54) is 26.2 Å². The van der Waals surface area contributed by atoms with E-state index in [2.05, 4.69) is 10.1 Å². The van der Waals surface area contributed by atoms with Crippen molar-refractivity contribution >= 4 is 5.97 Å². The van der Waals surface area contributed by atoms with Crippen LogP contribution in [0, 0.1) is 0 Å². The molecule has 0 spiro atoms. The fourth-order valence-electron chi connectivity index (χ4n) is 1.71. The SMILES string of the molecule is COC(=O)C(C)(NCC(F)(F)F)c1cccc(OC)c1. The molecule has 0 bridgehead atoms.